The number of ether oxygens (including phenoxy) is 3. The Balaban J connectivity index is 0.000000346. The summed E-state index contributed by atoms with van der Waals surface area (Å²) in [4.78, 5) is 43.2. The number of hydrogen-bond donors (Lipinski definition) is 3. The number of esters is 1. The number of benzene rings is 2. The molecule has 0 saturated carbocycles. The normalized spacial score (nSPS) is 10.6. The van der Waals surface area contributed by atoms with Crippen molar-refractivity contribution in [3.63, 3.8) is 0 Å². The minimum atomic E-state index is -1.72. The largest absolute Gasteiger partial charge is 0.497 e. The Morgan fingerprint density at radius 3 is 1.53 bits per heavy atom. The molecule has 0 amide bonds. The third-order valence-corrected chi connectivity index (χ3v) is 3.55. The number of carboxylic acids is 3. The first kappa shape index (κ1) is 24.0. The first-order valence-corrected chi connectivity index (χ1v) is 8.35. The average molecular weight is 420 g/mol. The SMILES string of the molecule is COc1ccc(C(=O)O)cc1.COc1ccc(C(=O)OC(CC(=O)O)C(=O)O)cc1. The van der Waals surface area contributed by atoms with Crippen LogP contribution in [0.15, 0.2) is 48.5 Å². The zero-order valence-electron chi connectivity index (χ0n) is 16.1. The Morgan fingerprint density at radius 1 is 0.767 bits per heavy atom. The van der Waals surface area contributed by atoms with E-state index >= 15 is 0 Å². The van der Waals surface area contributed by atoms with Gasteiger partial charge in [0.05, 0.1) is 31.8 Å². The van der Waals surface area contributed by atoms with E-state index < -0.39 is 36.4 Å². The van der Waals surface area contributed by atoms with Crippen LogP contribution in [0.1, 0.15) is 27.1 Å². The van der Waals surface area contributed by atoms with Crippen molar-refractivity contribution in [3.8, 4) is 11.5 Å². The van der Waals surface area contributed by atoms with Crippen LogP contribution in [0.3, 0.4) is 0 Å². The lowest BCUT2D eigenvalue weighted by Crippen LogP contribution is -2.29. The van der Waals surface area contributed by atoms with Gasteiger partial charge in [-0.15, -0.1) is 0 Å². The standard InChI is InChI=1S/C12H12O7.C8H8O3/c1-18-8-4-2-7(3-5-8)12(17)19-9(11(15)16)6-10(13)14;1-11-7-4-2-6(3-5-7)8(9)10/h2-5,9H,6H2,1H3,(H,13,14)(H,15,16);2-5H,1H3,(H,9,10). The molecule has 10 nitrogen and oxygen atoms in total. The summed E-state index contributed by atoms with van der Waals surface area (Å²) < 4.78 is 14.4. The highest BCUT2D eigenvalue weighted by Crippen LogP contribution is 2.13. The van der Waals surface area contributed by atoms with Gasteiger partial charge in [-0.2, -0.15) is 0 Å². The van der Waals surface area contributed by atoms with Gasteiger partial charge < -0.3 is 29.5 Å². The molecule has 0 aliphatic carbocycles. The van der Waals surface area contributed by atoms with Crippen LogP contribution in [0.4, 0.5) is 0 Å². The van der Waals surface area contributed by atoms with Crippen LogP contribution in [-0.2, 0) is 14.3 Å². The van der Waals surface area contributed by atoms with Crippen LogP contribution in [0, 0.1) is 0 Å². The molecule has 2 aromatic carbocycles. The number of rotatable bonds is 8. The number of aliphatic carboxylic acids is 2. The molecule has 30 heavy (non-hydrogen) atoms. The summed E-state index contributed by atoms with van der Waals surface area (Å²) in [6.45, 7) is 0. The van der Waals surface area contributed by atoms with E-state index in [4.69, 9.17) is 24.8 Å². The second kappa shape index (κ2) is 11.7. The topological polar surface area (TPSA) is 157 Å². The van der Waals surface area contributed by atoms with Gasteiger partial charge in [0.15, 0.2) is 0 Å². The number of carboxylic acid groups (broad SMARTS) is 3. The van der Waals surface area contributed by atoms with E-state index in [1.807, 2.05) is 0 Å². The lowest BCUT2D eigenvalue weighted by atomic mass is 10.2. The highest BCUT2D eigenvalue weighted by atomic mass is 16.6. The van der Waals surface area contributed by atoms with Gasteiger partial charge in [0.2, 0.25) is 6.10 Å². The predicted octanol–water partition coefficient (Wildman–Crippen LogP) is 2.17. The van der Waals surface area contributed by atoms with E-state index in [-0.39, 0.29) is 11.1 Å². The minimum Gasteiger partial charge on any atom is -0.497 e. The van der Waals surface area contributed by atoms with Gasteiger partial charge in [0.25, 0.3) is 0 Å². The van der Waals surface area contributed by atoms with Gasteiger partial charge in [0.1, 0.15) is 11.5 Å². The first-order valence-electron chi connectivity index (χ1n) is 8.35. The molecular formula is C20H20O10. The zero-order chi connectivity index (χ0) is 22.7. The van der Waals surface area contributed by atoms with Crippen LogP contribution in [-0.4, -0.2) is 59.5 Å². The molecule has 0 heterocycles. The van der Waals surface area contributed by atoms with Crippen LogP contribution in [0.2, 0.25) is 0 Å². The Morgan fingerprint density at radius 2 is 1.20 bits per heavy atom. The maximum Gasteiger partial charge on any atom is 0.345 e. The van der Waals surface area contributed by atoms with Gasteiger partial charge in [-0.1, -0.05) is 0 Å². The molecule has 1 unspecified atom stereocenters. The van der Waals surface area contributed by atoms with Crippen LogP contribution < -0.4 is 9.47 Å². The van der Waals surface area contributed by atoms with Crippen molar-refractivity contribution in [2.45, 2.75) is 12.5 Å². The smallest absolute Gasteiger partial charge is 0.345 e. The van der Waals surface area contributed by atoms with E-state index in [1.54, 1.807) is 12.1 Å². The fourth-order valence-electron chi connectivity index (χ4n) is 2.00. The second-order valence-electron chi connectivity index (χ2n) is 5.59. The third kappa shape index (κ3) is 7.89. The monoisotopic (exact) mass is 420 g/mol. The number of hydrogen-bond acceptors (Lipinski definition) is 7. The summed E-state index contributed by atoms with van der Waals surface area (Å²) in [5, 5.41) is 25.8. The van der Waals surface area contributed by atoms with E-state index in [0.717, 1.165) is 0 Å². The van der Waals surface area contributed by atoms with Gasteiger partial charge in [-0.05, 0) is 48.5 Å². The van der Waals surface area contributed by atoms with Crippen molar-refractivity contribution in [1.29, 1.82) is 0 Å². The quantitative estimate of drug-likeness (QED) is 0.541. The van der Waals surface area contributed by atoms with Crippen LogP contribution >= 0.6 is 0 Å². The zero-order valence-corrected chi connectivity index (χ0v) is 16.1. The molecule has 0 bridgehead atoms. The molecule has 0 saturated heterocycles. The molecule has 0 aromatic heterocycles. The predicted molar refractivity (Wildman–Crippen MR) is 102 cm³/mol. The summed E-state index contributed by atoms with van der Waals surface area (Å²) >= 11 is 0. The van der Waals surface area contributed by atoms with Crippen molar-refractivity contribution in [1.82, 2.24) is 0 Å². The maximum atomic E-state index is 11.6. The molecule has 3 N–H and O–H groups in total. The molecular weight excluding hydrogens is 400 g/mol. The highest BCUT2D eigenvalue weighted by Gasteiger charge is 2.25. The molecule has 0 radical (unpaired) electrons. The van der Waals surface area contributed by atoms with Crippen molar-refractivity contribution in [2.24, 2.45) is 0 Å². The van der Waals surface area contributed by atoms with Crippen LogP contribution in [0.5, 0.6) is 11.5 Å². The van der Waals surface area contributed by atoms with E-state index in [0.29, 0.717) is 11.5 Å². The molecule has 0 aliphatic heterocycles. The molecule has 0 aliphatic rings. The van der Waals surface area contributed by atoms with Crippen molar-refractivity contribution < 1.29 is 48.7 Å². The number of aromatic carboxylic acids is 1. The fourth-order valence-corrected chi connectivity index (χ4v) is 2.00. The number of methoxy groups -OCH3 is 2. The molecule has 0 spiro atoms. The minimum absolute atomic E-state index is 0.109. The molecule has 2 rings (SSSR count). The molecule has 160 valence electrons. The molecule has 0 fully saturated rings. The highest BCUT2D eigenvalue weighted by molar-refractivity contribution is 5.92. The Labute approximate surface area is 171 Å². The van der Waals surface area contributed by atoms with E-state index in [2.05, 4.69) is 4.74 Å². The Hall–Kier alpha value is -4.08. The second-order valence-corrected chi connectivity index (χ2v) is 5.59. The lowest BCUT2D eigenvalue weighted by molar-refractivity contribution is -0.153. The van der Waals surface area contributed by atoms with E-state index in [9.17, 15) is 19.2 Å². The van der Waals surface area contributed by atoms with Gasteiger partial charge >= 0.3 is 23.9 Å². The average Bonchev–Trinajstić information content (AvgIpc) is 2.73. The molecule has 10 heteroatoms. The van der Waals surface area contributed by atoms with Crippen LogP contribution in [0.25, 0.3) is 0 Å². The molecule has 2 aromatic rings. The third-order valence-electron chi connectivity index (χ3n) is 3.55. The summed E-state index contributed by atoms with van der Waals surface area (Å²) in [6, 6.07) is 12.0. The summed E-state index contributed by atoms with van der Waals surface area (Å²) in [6.07, 6.45) is -2.51. The van der Waals surface area contributed by atoms with Gasteiger partial charge in [-0.25, -0.2) is 14.4 Å². The maximum absolute atomic E-state index is 11.6. The first-order chi connectivity index (χ1) is 14.2. The summed E-state index contributed by atoms with van der Waals surface area (Å²) in [7, 11) is 3.00. The van der Waals surface area contributed by atoms with Crippen molar-refractivity contribution in [2.75, 3.05) is 14.2 Å². The lowest BCUT2D eigenvalue weighted by Gasteiger charge is -2.11. The summed E-state index contributed by atoms with van der Waals surface area (Å²) in [5.74, 6) is -3.52. The Kier molecular flexibility index (Phi) is 9.34. The fraction of sp³-hybridized carbons (Fsp3) is 0.200. The number of carbonyl (C=O) groups excluding carboxylic acids is 1. The van der Waals surface area contributed by atoms with Crippen molar-refractivity contribution >= 4 is 23.9 Å². The van der Waals surface area contributed by atoms with Crippen molar-refractivity contribution in [3.05, 3.63) is 59.7 Å². The van der Waals surface area contributed by atoms with E-state index in [1.165, 1.54) is 50.6 Å². The molecule has 1 atom stereocenters. The Bertz CT molecular complexity index is 871. The number of carbonyl (C=O) groups is 4. The van der Waals surface area contributed by atoms with Gasteiger partial charge in [0, 0.05) is 0 Å². The van der Waals surface area contributed by atoms with Gasteiger partial charge in [-0.3, -0.25) is 4.79 Å². The summed E-state index contributed by atoms with van der Waals surface area (Å²) in [5.41, 5.74) is 0.378.